The zero-order chi connectivity index (χ0) is 20.0. The molecule has 0 heterocycles. The molecule has 0 aliphatic rings. The first-order valence-electron chi connectivity index (χ1n) is 8.35. The Hall–Kier alpha value is -2.25. The van der Waals surface area contributed by atoms with Gasteiger partial charge in [0.25, 0.3) is 0 Å². The van der Waals surface area contributed by atoms with Crippen LogP contribution in [0.15, 0.2) is 48.5 Å². The van der Waals surface area contributed by atoms with E-state index in [1.165, 1.54) is 13.2 Å². The van der Waals surface area contributed by atoms with Gasteiger partial charge in [-0.3, -0.25) is 9.10 Å². The summed E-state index contributed by atoms with van der Waals surface area (Å²) in [4.78, 5) is 12.4. The zero-order valence-corrected chi connectivity index (χ0v) is 17.0. The second-order valence-corrected chi connectivity index (χ2v) is 8.54. The summed E-state index contributed by atoms with van der Waals surface area (Å²) in [5, 5.41) is 3.13. The van der Waals surface area contributed by atoms with Crippen LogP contribution in [-0.4, -0.2) is 40.8 Å². The summed E-state index contributed by atoms with van der Waals surface area (Å²) in [6.45, 7) is 2.02. The van der Waals surface area contributed by atoms with Gasteiger partial charge in [-0.1, -0.05) is 48.9 Å². The molecule has 0 radical (unpaired) electrons. The van der Waals surface area contributed by atoms with Crippen molar-refractivity contribution in [2.24, 2.45) is 0 Å². The summed E-state index contributed by atoms with van der Waals surface area (Å²) in [6, 6.07) is 14.4. The number of hydrogen-bond donors (Lipinski definition) is 1. The summed E-state index contributed by atoms with van der Waals surface area (Å²) >= 11 is 6.00. The van der Waals surface area contributed by atoms with Crippen molar-refractivity contribution in [1.82, 2.24) is 5.32 Å². The summed E-state index contributed by atoms with van der Waals surface area (Å²) in [7, 11) is -2.29. The fourth-order valence-corrected chi connectivity index (χ4v) is 3.61. The highest BCUT2D eigenvalue weighted by Gasteiger charge is 2.24. The average molecular weight is 411 g/mol. The molecule has 0 saturated heterocycles. The molecule has 0 fully saturated rings. The molecule has 6 nitrogen and oxygen atoms in total. The first-order valence-corrected chi connectivity index (χ1v) is 10.6. The van der Waals surface area contributed by atoms with E-state index in [-0.39, 0.29) is 18.2 Å². The molecule has 0 bridgehead atoms. The predicted octanol–water partition coefficient (Wildman–Crippen LogP) is 3.03. The molecule has 0 unspecified atom stereocenters. The Bertz CT molecular complexity index is 888. The van der Waals surface area contributed by atoms with Crippen LogP contribution in [-0.2, 0) is 14.8 Å². The highest BCUT2D eigenvalue weighted by atomic mass is 35.5. The van der Waals surface area contributed by atoms with Crippen LogP contribution in [0.5, 0.6) is 5.75 Å². The third-order valence-electron chi connectivity index (χ3n) is 4.07. The molecule has 2 aromatic rings. The Labute approximate surface area is 165 Å². The number of nitrogens with zero attached hydrogens (tertiary/aromatic N) is 1. The van der Waals surface area contributed by atoms with Gasteiger partial charge in [0.15, 0.2) is 0 Å². The van der Waals surface area contributed by atoms with Crippen LogP contribution in [0, 0.1) is 0 Å². The number of ether oxygens (including phenoxy) is 1. The maximum Gasteiger partial charge on any atom is 0.240 e. The number of carbonyl (C=O) groups is 1. The summed E-state index contributed by atoms with van der Waals surface area (Å²) in [6.07, 6.45) is 1.03. The van der Waals surface area contributed by atoms with Gasteiger partial charge < -0.3 is 10.1 Å². The number of halogens is 1. The Kier molecular flexibility index (Phi) is 7.10. The lowest BCUT2D eigenvalue weighted by Crippen LogP contribution is -2.41. The number of rotatable bonds is 8. The lowest BCUT2D eigenvalue weighted by atomic mass is 10.0. The van der Waals surface area contributed by atoms with E-state index >= 15 is 0 Å². The fourth-order valence-electron chi connectivity index (χ4n) is 2.59. The Morgan fingerprint density at radius 2 is 1.89 bits per heavy atom. The van der Waals surface area contributed by atoms with Crippen molar-refractivity contribution in [3.05, 3.63) is 59.1 Å². The lowest BCUT2D eigenvalue weighted by Gasteiger charge is -2.24. The van der Waals surface area contributed by atoms with E-state index in [0.717, 1.165) is 16.1 Å². The molecule has 2 rings (SSSR count). The minimum Gasteiger partial charge on any atom is -0.495 e. The molecular formula is C19H23ClN2O4S. The average Bonchev–Trinajstić information content (AvgIpc) is 2.64. The van der Waals surface area contributed by atoms with Crippen molar-refractivity contribution in [2.45, 2.75) is 12.8 Å². The molecule has 27 heavy (non-hydrogen) atoms. The van der Waals surface area contributed by atoms with Gasteiger partial charge in [-0.05, 0) is 29.7 Å². The van der Waals surface area contributed by atoms with E-state index < -0.39 is 15.9 Å². The van der Waals surface area contributed by atoms with Gasteiger partial charge in [-0.25, -0.2) is 8.42 Å². The Morgan fingerprint density at radius 3 is 2.48 bits per heavy atom. The van der Waals surface area contributed by atoms with Gasteiger partial charge in [-0.2, -0.15) is 0 Å². The summed E-state index contributed by atoms with van der Waals surface area (Å²) in [5.41, 5.74) is 1.31. The van der Waals surface area contributed by atoms with Gasteiger partial charge >= 0.3 is 0 Å². The summed E-state index contributed by atoms with van der Waals surface area (Å²) in [5.74, 6) is 0.00283. The van der Waals surface area contributed by atoms with Gasteiger partial charge in [-0.15, -0.1) is 0 Å². The molecule has 146 valence electrons. The van der Waals surface area contributed by atoms with Crippen molar-refractivity contribution in [3.8, 4) is 5.75 Å². The molecular weight excluding hydrogens is 388 g/mol. The van der Waals surface area contributed by atoms with Gasteiger partial charge in [0, 0.05) is 11.6 Å². The van der Waals surface area contributed by atoms with E-state index in [4.69, 9.17) is 16.3 Å². The van der Waals surface area contributed by atoms with E-state index in [2.05, 4.69) is 5.32 Å². The molecule has 8 heteroatoms. The minimum absolute atomic E-state index is 0.0996. The van der Waals surface area contributed by atoms with Crippen molar-refractivity contribution in [2.75, 3.05) is 30.8 Å². The van der Waals surface area contributed by atoms with Crippen molar-refractivity contribution >= 4 is 33.2 Å². The molecule has 1 N–H and O–H groups in total. The van der Waals surface area contributed by atoms with E-state index in [9.17, 15) is 13.2 Å². The van der Waals surface area contributed by atoms with Gasteiger partial charge in [0.2, 0.25) is 15.9 Å². The maximum atomic E-state index is 12.4. The highest BCUT2D eigenvalue weighted by Crippen LogP contribution is 2.32. The Morgan fingerprint density at radius 1 is 1.22 bits per heavy atom. The number of hydrogen-bond acceptors (Lipinski definition) is 4. The number of methoxy groups -OCH3 is 1. The fraction of sp³-hybridized carbons (Fsp3) is 0.316. The largest absolute Gasteiger partial charge is 0.495 e. The molecule has 0 saturated carbocycles. The lowest BCUT2D eigenvalue weighted by molar-refractivity contribution is -0.119. The smallest absolute Gasteiger partial charge is 0.240 e. The van der Waals surface area contributed by atoms with E-state index in [0.29, 0.717) is 17.3 Å². The first kappa shape index (κ1) is 21.1. The molecule has 0 spiro atoms. The van der Waals surface area contributed by atoms with Gasteiger partial charge in [0.05, 0.1) is 19.1 Å². The van der Waals surface area contributed by atoms with Crippen LogP contribution in [0.25, 0.3) is 0 Å². The quantitative estimate of drug-likeness (QED) is 0.725. The van der Waals surface area contributed by atoms with Crippen molar-refractivity contribution in [3.63, 3.8) is 0 Å². The number of anilines is 1. The highest BCUT2D eigenvalue weighted by molar-refractivity contribution is 7.92. The molecule has 0 aliphatic carbocycles. The number of nitrogens with one attached hydrogen (secondary N) is 1. The van der Waals surface area contributed by atoms with Crippen LogP contribution in [0.1, 0.15) is 18.4 Å². The maximum absolute atomic E-state index is 12.4. The van der Waals surface area contributed by atoms with E-state index in [1.54, 1.807) is 12.1 Å². The Balaban J connectivity index is 2.13. The normalized spacial score (nSPS) is 12.3. The summed E-state index contributed by atoms with van der Waals surface area (Å²) < 4.78 is 30.7. The van der Waals surface area contributed by atoms with E-state index in [1.807, 2.05) is 37.3 Å². The molecule has 1 amide bonds. The number of benzene rings is 2. The van der Waals surface area contributed by atoms with Crippen LogP contribution >= 0.6 is 11.6 Å². The van der Waals surface area contributed by atoms with Crippen molar-refractivity contribution < 1.29 is 17.9 Å². The predicted molar refractivity (Wildman–Crippen MR) is 108 cm³/mol. The number of carbonyl (C=O) groups excluding carboxylic acids is 1. The third-order valence-corrected chi connectivity index (χ3v) is 5.43. The molecule has 0 aliphatic heterocycles. The van der Waals surface area contributed by atoms with Crippen molar-refractivity contribution in [1.29, 1.82) is 0 Å². The number of amides is 1. The zero-order valence-electron chi connectivity index (χ0n) is 15.5. The molecule has 1 atom stereocenters. The van der Waals surface area contributed by atoms with Crippen LogP contribution in [0.3, 0.4) is 0 Å². The molecule has 0 aromatic heterocycles. The van der Waals surface area contributed by atoms with Crippen LogP contribution in [0.2, 0.25) is 5.02 Å². The first-order chi connectivity index (χ1) is 12.7. The molecule has 2 aromatic carbocycles. The second kappa shape index (κ2) is 9.10. The topological polar surface area (TPSA) is 75.7 Å². The van der Waals surface area contributed by atoms with Crippen LogP contribution < -0.4 is 14.4 Å². The van der Waals surface area contributed by atoms with Gasteiger partial charge in [0.1, 0.15) is 12.3 Å². The number of sulfonamides is 1. The monoisotopic (exact) mass is 410 g/mol. The standard InChI is InChI=1S/C19H23ClN2O4S/c1-14(15-7-5-4-6-8-15)12-21-19(23)13-22(27(3,24)25)17-11-16(20)9-10-18(17)26-2/h4-11,14H,12-13H2,1-3H3,(H,21,23)/t14-/m1/s1. The SMILES string of the molecule is COc1ccc(Cl)cc1N(CC(=O)NC[C@@H](C)c1ccccc1)S(C)(=O)=O. The minimum atomic E-state index is -3.72. The van der Waals surface area contributed by atoms with Crippen LogP contribution in [0.4, 0.5) is 5.69 Å². The third kappa shape index (κ3) is 5.87. The second-order valence-electron chi connectivity index (χ2n) is 6.20.